The van der Waals surface area contributed by atoms with Crippen molar-refractivity contribution in [1.29, 1.82) is 0 Å². The summed E-state index contributed by atoms with van der Waals surface area (Å²) in [5.41, 5.74) is -0.273. The molecule has 1 aromatic heterocycles. The Labute approximate surface area is 122 Å². The molecule has 0 aliphatic carbocycles. The van der Waals surface area contributed by atoms with Gasteiger partial charge in [-0.2, -0.15) is 4.98 Å². The second-order valence-electron chi connectivity index (χ2n) is 3.95. The lowest BCUT2D eigenvalue weighted by Gasteiger charge is -2.09. The van der Waals surface area contributed by atoms with Gasteiger partial charge in [0.2, 0.25) is 5.82 Å². The summed E-state index contributed by atoms with van der Waals surface area (Å²) >= 11 is 0. The van der Waals surface area contributed by atoms with Crippen molar-refractivity contribution in [2.45, 2.75) is 13.3 Å². The fourth-order valence-electron chi connectivity index (χ4n) is 1.51. The van der Waals surface area contributed by atoms with Gasteiger partial charge in [-0.15, -0.1) is 0 Å². The van der Waals surface area contributed by atoms with Crippen LogP contribution in [0.1, 0.15) is 13.3 Å². The summed E-state index contributed by atoms with van der Waals surface area (Å²) in [6, 6.07) is 0. The van der Waals surface area contributed by atoms with E-state index in [0.717, 1.165) is 6.42 Å². The van der Waals surface area contributed by atoms with E-state index in [4.69, 9.17) is 14.2 Å². The van der Waals surface area contributed by atoms with Crippen LogP contribution in [0.3, 0.4) is 0 Å². The molecule has 1 rings (SSSR count). The molecule has 9 nitrogen and oxygen atoms in total. The molecule has 1 heterocycles. The zero-order valence-electron chi connectivity index (χ0n) is 12.2. The predicted octanol–water partition coefficient (Wildman–Crippen LogP) is 1.25. The second-order valence-corrected chi connectivity index (χ2v) is 3.95. The second kappa shape index (κ2) is 9.83. The first-order valence-electron chi connectivity index (χ1n) is 6.63. The molecule has 0 unspecified atom stereocenters. The molecule has 21 heavy (non-hydrogen) atoms. The number of nitrogens with zero attached hydrogens (tertiary/aromatic N) is 3. The number of nitrogens with one attached hydrogen (secondary N) is 1. The van der Waals surface area contributed by atoms with Crippen LogP contribution in [0.4, 0.5) is 11.5 Å². The maximum absolute atomic E-state index is 11.2. The molecule has 0 fully saturated rings. The van der Waals surface area contributed by atoms with Crippen LogP contribution in [0, 0.1) is 10.1 Å². The molecule has 0 atom stereocenters. The molecule has 9 heteroatoms. The first-order chi connectivity index (χ1) is 10.2. The number of nitro groups is 1. The van der Waals surface area contributed by atoms with Gasteiger partial charge in [-0.1, -0.05) is 0 Å². The van der Waals surface area contributed by atoms with Crippen LogP contribution in [-0.4, -0.2) is 55.0 Å². The lowest BCUT2D eigenvalue weighted by Crippen LogP contribution is -2.12. The molecule has 0 saturated carbocycles. The van der Waals surface area contributed by atoms with E-state index < -0.39 is 4.92 Å². The minimum Gasteiger partial charge on any atom is -0.470 e. The topological polar surface area (TPSA) is 109 Å². The van der Waals surface area contributed by atoms with Crippen LogP contribution in [0.5, 0.6) is 5.88 Å². The molecular weight excluding hydrogens is 280 g/mol. The van der Waals surface area contributed by atoms with Crippen LogP contribution in [-0.2, 0) is 9.47 Å². The maximum atomic E-state index is 11.2. The average molecular weight is 300 g/mol. The Morgan fingerprint density at radius 1 is 1.33 bits per heavy atom. The molecule has 0 aliphatic heterocycles. The van der Waals surface area contributed by atoms with E-state index in [0.29, 0.717) is 26.4 Å². The first-order valence-corrected chi connectivity index (χ1v) is 6.63. The van der Waals surface area contributed by atoms with Crippen LogP contribution < -0.4 is 10.1 Å². The van der Waals surface area contributed by atoms with Crippen molar-refractivity contribution in [2.75, 3.05) is 45.4 Å². The number of rotatable bonds is 11. The largest absolute Gasteiger partial charge is 0.470 e. The van der Waals surface area contributed by atoms with E-state index >= 15 is 0 Å². The Balaban J connectivity index is 2.68. The molecule has 0 radical (unpaired) electrons. The molecule has 0 aromatic carbocycles. The fourth-order valence-corrected chi connectivity index (χ4v) is 1.51. The number of methoxy groups -OCH3 is 1. The number of anilines is 1. The van der Waals surface area contributed by atoms with Gasteiger partial charge in [0.05, 0.1) is 11.5 Å². The SMILES string of the molecule is CCOCCCNc1ncnc(OCCOC)c1[N+](=O)[O-]. The maximum Gasteiger partial charge on any atom is 0.372 e. The highest BCUT2D eigenvalue weighted by Gasteiger charge is 2.24. The summed E-state index contributed by atoms with van der Waals surface area (Å²) < 4.78 is 15.3. The normalized spacial score (nSPS) is 10.4. The summed E-state index contributed by atoms with van der Waals surface area (Å²) in [6.07, 6.45) is 1.94. The quantitative estimate of drug-likeness (QED) is 0.369. The summed E-state index contributed by atoms with van der Waals surface area (Å²) in [7, 11) is 1.52. The zero-order chi connectivity index (χ0) is 15.5. The van der Waals surface area contributed by atoms with Gasteiger partial charge < -0.3 is 19.5 Å². The number of ether oxygens (including phenoxy) is 3. The van der Waals surface area contributed by atoms with E-state index in [9.17, 15) is 10.1 Å². The zero-order valence-corrected chi connectivity index (χ0v) is 12.2. The highest BCUT2D eigenvalue weighted by molar-refractivity contribution is 5.61. The van der Waals surface area contributed by atoms with Gasteiger partial charge in [-0.3, -0.25) is 10.1 Å². The Bertz CT molecular complexity index is 444. The fraction of sp³-hybridized carbons (Fsp3) is 0.667. The Morgan fingerprint density at radius 3 is 2.81 bits per heavy atom. The number of hydrogen-bond donors (Lipinski definition) is 1. The van der Waals surface area contributed by atoms with Crippen molar-refractivity contribution < 1.29 is 19.1 Å². The third kappa shape index (κ3) is 5.88. The van der Waals surface area contributed by atoms with Gasteiger partial charge in [-0.05, 0) is 13.3 Å². The molecule has 0 amide bonds. The molecule has 118 valence electrons. The number of hydrogen-bond acceptors (Lipinski definition) is 8. The third-order valence-electron chi connectivity index (χ3n) is 2.46. The highest BCUT2D eigenvalue weighted by Crippen LogP contribution is 2.30. The van der Waals surface area contributed by atoms with Crippen molar-refractivity contribution in [3.05, 3.63) is 16.4 Å². The van der Waals surface area contributed by atoms with E-state index in [1.54, 1.807) is 0 Å². The van der Waals surface area contributed by atoms with Crippen molar-refractivity contribution in [3.63, 3.8) is 0 Å². The standard InChI is InChI=1S/C12H20N4O5/c1-3-20-6-4-5-13-11-10(16(17)18)12(15-9-14-11)21-8-7-19-2/h9H,3-8H2,1-2H3,(H,13,14,15). The molecule has 0 aliphatic rings. The third-order valence-corrected chi connectivity index (χ3v) is 2.46. The summed E-state index contributed by atoms with van der Waals surface area (Å²) in [6.45, 7) is 4.14. The summed E-state index contributed by atoms with van der Waals surface area (Å²) in [5, 5.41) is 14.1. The van der Waals surface area contributed by atoms with Gasteiger partial charge in [0.25, 0.3) is 5.88 Å². The average Bonchev–Trinajstić information content (AvgIpc) is 2.47. The van der Waals surface area contributed by atoms with Crippen LogP contribution in [0.2, 0.25) is 0 Å². The smallest absolute Gasteiger partial charge is 0.372 e. The first kappa shape index (κ1) is 17.1. The summed E-state index contributed by atoms with van der Waals surface area (Å²) in [5.74, 6) is 0.0678. The van der Waals surface area contributed by atoms with Gasteiger partial charge in [0.15, 0.2) is 0 Å². The van der Waals surface area contributed by atoms with Crippen molar-refractivity contribution in [1.82, 2.24) is 9.97 Å². The summed E-state index contributed by atoms with van der Waals surface area (Å²) in [4.78, 5) is 18.3. The van der Waals surface area contributed by atoms with Crippen molar-refractivity contribution >= 4 is 11.5 Å². The van der Waals surface area contributed by atoms with Crippen molar-refractivity contribution in [3.8, 4) is 5.88 Å². The van der Waals surface area contributed by atoms with Gasteiger partial charge in [0.1, 0.15) is 12.9 Å². The van der Waals surface area contributed by atoms with Crippen LogP contribution in [0.15, 0.2) is 6.33 Å². The molecular formula is C12H20N4O5. The van der Waals surface area contributed by atoms with E-state index in [2.05, 4.69) is 15.3 Å². The van der Waals surface area contributed by atoms with Gasteiger partial charge >= 0.3 is 5.69 Å². The molecule has 0 bridgehead atoms. The lowest BCUT2D eigenvalue weighted by atomic mass is 10.4. The van der Waals surface area contributed by atoms with E-state index in [1.165, 1.54) is 13.4 Å². The highest BCUT2D eigenvalue weighted by atomic mass is 16.6. The molecule has 0 saturated heterocycles. The monoisotopic (exact) mass is 300 g/mol. The Hall–Kier alpha value is -2.00. The Morgan fingerprint density at radius 2 is 2.14 bits per heavy atom. The van der Waals surface area contributed by atoms with E-state index in [1.807, 2.05) is 6.92 Å². The Kier molecular flexibility index (Phi) is 7.99. The molecule has 0 spiro atoms. The predicted molar refractivity (Wildman–Crippen MR) is 75.7 cm³/mol. The van der Waals surface area contributed by atoms with Gasteiger partial charge in [-0.25, -0.2) is 4.98 Å². The molecule has 1 N–H and O–H groups in total. The molecule has 1 aromatic rings. The van der Waals surface area contributed by atoms with Crippen LogP contribution in [0.25, 0.3) is 0 Å². The minimum absolute atomic E-state index is 0.0700. The lowest BCUT2D eigenvalue weighted by molar-refractivity contribution is -0.385. The van der Waals surface area contributed by atoms with Crippen LogP contribution >= 0.6 is 0 Å². The minimum atomic E-state index is -0.562. The van der Waals surface area contributed by atoms with Gasteiger partial charge in [0, 0.05) is 26.9 Å². The van der Waals surface area contributed by atoms with E-state index in [-0.39, 0.29) is 24.0 Å². The number of aromatic nitrogens is 2. The van der Waals surface area contributed by atoms with Crippen molar-refractivity contribution in [2.24, 2.45) is 0 Å².